The number of amides is 1. The molecule has 1 N–H and O–H groups in total. The number of nitrogens with zero attached hydrogens (tertiary/aromatic N) is 1. The van der Waals surface area contributed by atoms with E-state index in [9.17, 15) is 22.4 Å². The summed E-state index contributed by atoms with van der Waals surface area (Å²) in [5.41, 5.74) is 0.496. The van der Waals surface area contributed by atoms with Crippen molar-refractivity contribution >= 4 is 12.1 Å². The summed E-state index contributed by atoms with van der Waals surface area (Å²) in [4.78, 5) is 12.4. The van der Waals surface area contributed by atoms with Gasteiger partial charge in [-0.1, -0.05) is 42.5 Å². The quantitative estimate of drug-likeness (QED) is 0.353. The molecule has 8 heteroatoms. The maximum absolute atomic E-state index is 14.0. The first-order valence-electron chi connectivity index (χ1n) is 8.37. The number of benzene rings is 3. The fourth-order valence-electron chi connectivity index (χ4n) is 2.45. The Morgan fingerprint density at radius 2 is 1.62 bits per heavy atom. The van der Waals surface area contributed by atoms with E-state index in [1.807, 2.05) is 6.07 Å². The highest BCUT2D eigenvalue weighted by Crippen LogP contribution is 2.32. The summed E-state index contributed by atoms with van der Waals surface area (Å²) in [6, 6.07) is 17.9. The third kappa shape index (κ3) is 4.98. The van der Waals surface area contributed by atoms with Gasteiger partial charge in [-0.2, -0.15) is 18.3 Å². The number of hydrazone groups is 1. The number of alkyl halides is 3. The molecular weight excluding hydrogens is 388 g/mol. The Morgan fingerprint density at radius 1 is 0.931 bits per heavy atom. The lowest BCUT2D eigenvalue weighted by Crippen LogP contribution is -2.18. The van der Waals surface area contributed by atoms with E-state index in [2.05, 4.69) is 10.5 Å². The van der Waals surface area contributed by atoms with Crippen LogP contribution in [0.5, 0.6) is 11.5 Å². The average molecular weight is 402 g/mol. The minimum atomic E-state index is -4.83. The smallest absolute Gasteiger partial charge is 0.419 e. The molecule has 0 heterocycles. The van der Waals surface area contributed by atoms with Crippen molar-refractivity contribution in [1.29, 1.82) is 0 Å². The van der Waals surface area contributed by atoms with Gasteiger partial charge in [-0.25, -0.2) is 9.82 Å². The van der Waals surface area contributed by atoms with E-state index in [4.69, 9.17) is 4.74 Å². The normalized spacial score (nSPS) is 11.4. The van der Waals surface area contributed by atoms with Gasteiger partial charge in [0.2, 0.25) is 0 Å². The molecule has 3 aromatic rings. The van der Waals surface area contributed by atoms with Crippen LogP contribution in [0.25, 0.3) is 0 Å². The van der Waals surface area contributed by atoms with Crippen molar-refractivity contribution in [2.24, 2.45) is 5.10 Å². The van der Waals surface area contributed by atoms with Crippen LogP contribution in [0.2, 0.25) is 0 Å². The lowest BCUT2D eigenvalue weighted by Gasteiger charge is -2.10. The van der Waals surface area contributed by atoms with Crippen molar-refractivity contribution < 1.29 is 27.1 Å². The number of hydrogen-bond acceptors (Lipinski definition) is 3. The zero-order valence-corrected chi connectivity index (χ0v) is 14.8. The van der Waals surface area contributed by atoms with Gasteiger partial charge in [-0.3, -0.25) is 4.79 Å². The van der Waals surface area contributed by atoms with E-state index in [1.54, 1.807) is 42.5 Å². The summed E-state index contributed by atoms with van der Waals surface area (Å²) in [5.74, 6) is -1.36. The lowest BCUT2D eigenvalue weighted by molar-refractivity contribution is -0.140. The molecule has 1 amide bonds. The van der Waals surface area contributed by atoms with Gasteiger partial charge in [0.25, 0.3) is 5.91 Å². The molecule has 0 bridgehead atoms. The standard InChI is InChI=1S/C21H14F4N2O2/c22-19-14(7-6-11-17(19)21(23,24)25)13-26-27-20(28)16-10-4-5-12-18(16)29-15-8-2-1-3-9-15/h1-13H,(H,27,28). The molecule has 0 saturated carbocycles. The molecule has 3 rings (SSSR count). The Bertz CT molecular complexity index is 1030. The number of carbonyl (C=O) groups excluding carboxylic acids is 1. The van der Waals surface area contributed by atoms with Crippen LogP contribution in [0, 0.1) is 5.82 Å². The minimum Gasteiger partial charge on any atom is -0.457 e. The number of rotatable bonds is 5. The predicted octanol–water partition coefficient (Wildman–Crippen LogP) is 5.40. The molecule has 0 fully saturated rings. The number of halogens is 4. The average Bonchev–Trinajstić information content (AvgIpc) is 2.69. The molecule has 0 unspecified atom stereocenters. The molecule has 0 spiro atoms. The Morgan fingerprint density at radius 3 is 2.34 bits per heavy atom. The van der Waals surface area contributed by atoms with Gasteiger partial charge in [-0.05, 0) is 30.3 Å². The molecule has 0 atom stereocenters. The van der Waals surface area contributed by atoms with E-state index >= 15 is 0 Å². The summed E-state index contributed by atoms with van der Waals surface area (Å²) >= 11 is 0. The van der Waals surface area contributed by atoms with Crippen molar-refractivity contribution in [2.45, 2.75) is 6.18 Å². The zero-order valence-electron chi connectivity index (χ0n) is 14.8. The fourth-order valence-corrected chi connectivity index (χ4v) is 2.45. The minimum absolute atomic E-state index is 0.151. The maximum Gasteiger partial charge on any atom is 0.419 e. The highest BCUT2D eigenvalue weighted by Gasteiger charge is 2.34. The van der Waals surface area contributed by atoms with E-state index in [0.29, 0.717) is 11.8 Å². The van der Waals surface area contributed by atoms with Gasteiger partial charge < -0.3 is 4.74 Å². The molecule has 0 aromatic heterocycles. The van der Waals surface area contributed by atoms with Gasteiger partial charge >= 0.3 is 6.18 Å². The van der Waals surface area contributed by atoms with Crippen molar-refractivity contribution in [2.75, 3.05) is 0 Å². The highest BCUT2D eigenvalue weighted by atomic mass is 19.4. The van der Waals surface area contributed by atoms with E-state index in [0.717, 1.165) is 18.3 Å². The highest BCUT2D eigenvalue weighted by molar-refractivity contribution is 5.97. The van der Waals surface area contributed by atoms with Crippen LogP contribution in [0.3, 0.4) is 0 Å². The number of para-hydroxylation sites is 2. The first kappa shape index (κ1) is 20.1. The van der Waals surface area contributed by atoms with Crippen LogP contribution in [0.4, 0.5) is 17.6 Å². The second-order valence-electron chi connectivity index (χ2n) is 5.82. The van der Waals surface area contributed by atoms with Crippen molar-refractivity contribution in [1.82, 2.24) is 5.43 Å². The predicted molar refractivity (Wildman–Crippen MR) is 99.4 cm³/mol. The molecule has 0 aliphatic carbocycles. The topological polar surface area (TPSA) is 50.7 Å². The lowest BCUT2D eigenvalue weighted by atomic mass is 10.1. The molecule has 0 radical (unpaired) electrons. The molecule has 0 aliphatic heterocycles. The third-order valence-electron chi connectivity index (χ3n) is 3.81. The van der Waals surface area contributed by atoms with Gasteiger partial charge in [0.15, 0.2) is 0 Å². The van der Waals surface area contributed by atoms with E-state index in [-0.39, 0.29) is 11.3 Å². The van der Waals surface area contributed by atoms with Gasteiger partial charge in [0.1, 0.15) is 17.3 Å². The summed E-state index contributed by atoms with van der Waals surface area (Å²) in [7, 11) is 0. The third-order valence-corrected chi connectivity index (χ3v) is 3.81. The van der Waals surface area contributed by atoms with Crippen molar-refractivity contribution in [3.8, 4) is 11.5 Å². The van der Waals surface area contributed by atoms with E-state index < -0.39 is 29.0 Å². The van der Waals surface area contributed by atoms with Crippen LogP contribution in [0.1, 0.15) is 21.5 Å². The first-order valence-corrected chi connectivity index (χ1v) is 8.37. The van der Waals surface area contributed by atoms with Crippen LogP contribution in [-0.2, 0) is 6.18 Å². The summed E-state index contributed by atoms with van der Waals surface area (Å²) < 4.78 is 57.9. The number of nitrogens with one attached hydrogen (secondary N) is 1. The Labute approximate surface area is 163 Å². The van der Waals surface area contributed by atoms with Crippen molar-refractivity contribution in [3.05, 3.63) is 95.3 Å². The van der Waals surface area contributed by atoms with Crippen LogP contribution in [-0.4, -0.2) is 12.1 Å². The van der Waals surface area contributed by atoms with Gasteiger partial charge in [0.05, 0.1) is 17.3 Å². The molecule has 3 aromatic carbocycles. The largest absolute Gasteiger partial charge is 0.457 e. The molecule has 148 valence electrons. The van der Waals surface area contributed by atoms with Crippen LogP contribution >= 0.6 is 0 Å². The maximum atomic E-state index is 14.0. The van der Waals surface area contributed by atoms with Gasteiger partial charge in [0, 0.05) is 5.56 Å². The monoisotopic (exact) mass is 402 g/mol. The Balaban J connectivity index is 1.75. The zero-order chi connectivity index (χ0) is 20.9. The fraction of sp³-hybridized carbons (Fsp3) is 0.0476. The summed E-state index contributed by atoms with van der Waals surface area (Å²) in [6.45, 7) is 0. The molecule has 4 nitrogen and oxygen atoms in total. The second kappa shape index (κ2) is 8.55. The number of ether oxygens (including phenoxy) is 1. The Hall–Kier alpha value is -3.68. The number of hydrogen-bond donors (Lipinski definition) is 1. The Kier molecular flexibility index (Phi) is 5.92. The first-order chi connectivity index (χ1) is 13.9. The summed E-state index contributed by atoms with van der Waals surface area (Å²) in [6.07, 6.45) is -4.02. The molecule has 29 heavy (non-hydrogen) atoms. The SMILES string of the molecule is O=C(NN=Cc1cccc(C(F)(F)F)c1F)c1ccccc1Oc1ccccc1. The molecule has 0 aliphatic rings. The van der Waals surface area contributed by atoms with Crippen LogP contribution < -0.4 is 10.2 Å². The van der Waals surface area contributed by atoms with Gasteiger partial charge in [-0.15, -0.1) is 0 Å². The van der Waals surface area contributed by atoms with E-state index in [1.165, 1.54) is 6.07 Å². The van der Waals surface area contributed by atoms with Crippen molar-refractivity contribution in [3.63, 3.8) is 0 Å². The van der Waals surface area contributed by atoms with Crippen LogP contribution in [0.15, 0.2) is 77.9 Å². The molecule has 0 saturated heterocycles. The number of carbonyl (C=O) groups is 1. The summed E-state index contributed by atoms with van der Waals surface area (Å²) in [5, 5.41) is 3.56. The second-order valence-corrected chi connectivity index (χ2v) is 5.82. The molecular formula is C21H14F4N2O2.